The molecule has 5 heteroatoms. The zero-order valence-electron chi connectivity index (χ0n) is 24.1. The molecule has 0 amide bonds. The largest absolute Gasteiger partial charge is 0.309 e. The van der Waals surface area contributed by atoms with Gasteiger partial charge in [0.25, 0.3) is 0 Å². The van der Waals surface area contributed by atoms with Gasteiger partial charge in [-0.25, -0.2) is 9.97 Å². The average molecular weight is 586 g/mol. The lowest BCUT2D eigenvalue weighted by atomic mass is 10.0. The summed E-state index contributed by atoms with van der Waals surface area (Å²) < 4.78 is 17.1. The molecule has 44 heavy (non-hydrogen) atoms. The number of imidazole rings is 1. The minimum atomic E-state index is -3.05. The number of pyridine rings is 2. The van der Waals surface area contributed by atoms with E-state index in [0.29, 0.717) is 0 Å². The summed E-state index contributed by atoms with van der Waals surface area (Å²) in [6.45, 7) is 2.03. The number of hydrogen-bond acceptors (Lipinski definition) is 3. The summed E-state index contributed by atoms with van der Waals surface area (Å²) in [5.74, 6) is 0. The summed E-state index contributed by atoms with van der Waals surface area (Å²) >= 11 is 0. The van der Waals surface area contributed by atoms with Gasteiger partial charge in [-0.3, -0.25) is 4.40 Å². The Morgan fingerprint density at radius 2 is 1.18 bits per heavy atom. The number of rotatable bonds is 5. The molecular weight excluding hydrogens is 557 g/mol. The molecule has 5 aromatic carbocycles. The zero-order valence-corrected chi connectivity index (χ0v) is 25.0. The maximum atomic E-state index is 14.9. The fraction of sp³-hybridized carbons (Fsp3) is 0.0256. The van der Waals surface area contributed by atoms with Gasteiger partial charge in [0.15, 0.2) is 7.14 Å². The van der Waals surface area contributed by atoms with E-state index in [1.807, 2.05) is 116 Å². The van der Waals surface area contributed by atoms with Gasteiger partial charge in [0, 0.05) is 33.1 Å². The van der Waals surface area contributed by atoms with Crippen LogP contribution in [0.5, 0.6) is 0 Å². The highest BCUT2D eigenvalue weighted by Gasteiger charge is 2.30. The van der Waals surface area contributed by atoms with Gasteiger partial charge in [-0.1, -0.05) is 127 Å². The van der Waals surface area contributed by atoms with Crippen molar-refractivity contribution < 1.29 is 4.57 Å². The van der Waals surface area contributed by atoms with E-state index in [4.69, 9.17) is 9.97 Å². The Morgan fingerprint density at radius 1 is 0.568 bits per heavy atom. The first-order valence-electron chi connectivity index (χ1n) is 14.7. The Morgan fingerprint density at radius 3 is 1.95 bits per heavy atom. The highest BCUT2D eigenvalue weighted by molar-refractivity contribution is 7.85. The molecule has 0 aliphatic carbocycles. The van der Waals surface area contributed by atoms with Gasteiger partial charge in [0.05, 0.1) is 16.7 Å². The number of para-hydroxylation sites is 1. The first kappa shape index (κ1) is 26.3. The Kier molecular flexibility index (Phi) is 6.25. The van der Waals surface area contributed by atoms with E-state index >= 15 is 0 Å². The molecule has 3 heterocycles. The molecule has 0 saturated heterocycles. The molecule has 3 aromatic heterocycles. The van der Waals surface area contributed by atoms with E-state index in [1.165, 1.54) is 0 Å². The fourth-order valence-corrected chi connectivity index (χ4v) is 9.10. The normalized spacial score (nSPS) is 12.9. The van der Waals surface area contributed by atoms with Crippen LogP contribution in [-0.4, -0.2) is 14.4 Å². The fourth-order valence-electron chi connectivity index (χ4n) is 6.22. The van der Waals surface area contributed by atoms with Crippen LogP contribution in [0.1, 0.15) is 5.56 Å². The second-order valence-electron chi connectivity index (χ2n) is 11.1. The Balaban J connectivity index is 1.20. The van der Waals surface area contributed by atoms with Crippen molar-refractivity contribution >= 4 is 50.6 Å². The van der Waals surface area contributed by atoms with E-state index in [0.717, 1.165) is 71.4 Å². The van der Waals surface area contributed by atoms with Crippen LogP contribution in [0.4, 0.5) is 0 Å². The van der Waals surface area contributed by atoms with Crippen molar-refractivity contribution in [3.05, 3.63) is 157 Å². The summed E-state index contributed by atoms with van der Waals surface area (Å²) in [7, 11) is -3.05. The molecule has 1 atom stereocenters. The maximum absolute atomic E-state index is 14.9. The second-order valence-corrected chi connectivity index (χ2v) is 13.8. The van der Waals surface area contributed by atoms with Crippen LogP contribution in [0.15, 0.2) is 152 Å². The third kappa shape index (κ3) is 4.18. The van der Waals surface area contributed by atoms with Gasteiger partial charge in [-0.2, -0.15) is 0 Å². The van der Waals surface area contributed by atoms with Crippen molar-refractivity contribution in [1.82, 2.24) is 14.4 Å². The zero-order chi connectivity index (χ0) is 29.7. The minimum absolute atomic E-state index is 0.828. The van der Waals surface area contributed by atoms with Crippen LogP contribution >= 0.6 is 7.14 Å². The number of nitrogens with zero attached hydrogens (tertiary/aromatic N) is 3. The van der Waals surface area contributed by atoms with Crippen LogP contribution in [-0.2, 0) is 4.57 Å². The van der Waals surface area contributed by atoms with Gasteiger partial charge in [-0.05, 0) is 41.8 Å². The monoisotopic (exact) mass is 585 g/mol. The molecule has 0 aliphatic rings. The summed E-state index contributed by atoms with van der Waals surface area (Å²) in [5.41, 5.74) is 8.89. The standard InChI is InChI=1S/C39H28N3OP/c1-27-11-5-8-16-35(27)44(43,31-12-3-2-4-13-31)32-24-22-29(23-25-32)28-18-20-30(21-19-28)37-39-38(33-14-6-7-15-34(33)40-37)41-36-17-9-10-26-42(36)39/h2-26H,1H3. The van der Waals surface area contributed by atoms with E-state index in [-0.39, 0.29) is 0 Å². The predicted molar refractivity (Wildman–Crippen MR) is 183 cm³/mol. The number of aromatic nitrogens is 3. The Hall–Kier alpha value is -5.31. The number of benzene rings is 5. The van der Waals surface area contributed by atoms with E-state index in [2.05, 4.69) is 46.9 Å². The first-order valence-corrected chi connectivity index (χ1v) is 16.4. The quantitative estimate of drug-likeness (QED) is 0.191. The molecule has 0 N–H and O–H groups in total. The molecule has 0 bridgehead atoms. The Labute approximate surface area is 255 Å². The van der Waals surface area contributed by atoms with Gasteiger partial charge in [0.1, 0.15) is 11.2 Å². The molecule has 8 rings (SSSR count). The Bertz CT molecular complexity index is 2360. The van der Waals surface area contributed by atoms with Crippen molar-refractivity contribution in [2.75, 3.05) is 0 Å². The van der Waals surface area contributed by atoms with Crippen molar-refractivity contribution in [1.29, 1.82) is 0 Å². The SMILES string of the molecule is Cc1ccccc1P(=O)(c1ccccc1)c1ccc(-c2ccc(-c3nc4ccccc4c4nc5ccccn5c34)cc2)cc1. The molecule has 0 radical (unpaired) electrons. The summed E-state index contributed by atoms with van der Waals surface area (Å²) in [6.07, 6.45) is 2.05. The summed E-state index contributed by atoms with van der Waals surface area (Å²) in [6, 6.07) is 48.8. The lowest BCUT2D eigenvalue weighted by Gasteiger charge is -2.22. The molecule has 0 fully saturated rings. The highest BCUT2D eigenvalue weighted by Crippen LogP contribution is 2.43. The van der Waals surface area contributed by atoms with Crippen molar-refractivity contribution in [2.45, 2.75) is 6.92 Å². The van der Waals surface area contributed by atoms with Crippen molar-refractivity contribution in [3.63, 3.8) is 0 Å². The van der Waals surface area contributed by atoms with Gasteiger partial charge < -0.3 is 4.57 Å². The van der Waals surface area contributed by atoms with Gasteiger partial charge in [0.2, 0.25) is 0 Å². The molecule has 0 aliphatic heterocycles. The van der Waals surface area contributed by atoms with E-state index in [1.54, 1.807) is 0 Å². The maximum Gasteiger partial charge on any atom is 0.171 e. The molecule has 210 valence electrons. The van der Waals surface area contributed by atoms with Crippen LogP contribution in [0.2, 0.25) is 0 Å². The van der Waals surface area contributed by atoms with Crippen LogP contribution in [0.3, 0.4) is 0 Å². The van der Waals surface area contributed by atoms with Crippen LogP contribution in [0, 0.1) is 6.92 Å². The smallest absolute Gasteiger partial charge is 0.171 e. The number of aryl methyl sites for hydroxylation is 1. The summed E-state index contributed by atoms with van der Waals surface area (Å²) in [4.78, 5) is 10.1. The first-order chi connectivity index (χ1) is 21.6. The van der Waals surface area contributed by atoms with Crippen LogP contribution < -0.4 is 15.9 Å². The number of hydrogen-bond donors (Lipinski definition) is 0. The van der Waals surface area contributed by atoms with E-state index in [9.17, 15) is 4.57 Å². The van der Waals surface area contributed by atoms with Crippen molar-refractivity contribution in [3.8, 4) is 22.4 Å². The predicted octanol–water partition coefficient (Wildman–Crippen LogP) is 8.32. The molecular formula is C39H28N3OP. The lowest BCUT2D eigenvalue weighted by molar-refractivity contribution is 0.592. The second kappa shape index (κ2) is 10.4. The molecule has 0 saturated carbocycles. The third-order valence-corrected chi connectivity index (χ3v) is 11.7. The van der Waals surface area contributed by atoms with Gasteiger partial charge in [-0.15, -0.1) is 0 Å². The lowest BCUT2D eigenvalue weighted by Crippen LogP contribution is -2.26. The molecule has 0 spiro atoms. The third-order valence-electron chi connectivity index (χ3n) is 8.44. The summed E-state index contributed by atoms with van der Waals surface area (Å²) in [5, 5.41) is 3.59. The van der Waals surface area contributed by atoms with E-state index < -0.39 is 7.14 Å². The van der Waals surface area contributed by atoms with Crippen LogP contribution in [0.25, 0.3) is 50.0 Å². The molecule has 8 aromatic rings. The number of fused-ring (bicyclic) bond motifs is 5. The average Bonchev–Trinajstić information content (AvgIpc) is 3.49. The molecule has 4 nitrogen and oxygen atoms in total. The topological polar surface area (TPSA) is 47.3 Å². The minimum Gasteiger partial charge on any atom is -0.309 e. The molecule has 1 unspecified atom stereocenters. The highest BCUT2D eigenvalue weighted by atomic mass is 31.2. The van der Waals surface area contributed by atoms with Gasteiger partial charge >= 0.3 is 0 Å². The van der Waals surface area contributed by atoms with Crippen molar-refractivity contribution in [2.24, 2.45) is 0 Å².